The van der Waals surface area contributed by atoms with Crippen LogP contribution in [-0.4, -0.2) is 23.4 Å². The van der Waals surface area contributed by atoms with Gasteiger partial charge in [-0.2, -0.15) is 5.26 Å². The highest BCUT2D eigenvalue weighted by molar-refractivity contribution is 5.77. The number of aryl methyl sites for hydroxylation is 1. The minimum Gasteiger partial charge on any atom is -0.339 e. The van der Waals surface area contributed by atoms with E-state index in [1.165, 1.54) is 5.56 Å². The van der Waals surface area contributed by atoms with E-state index in [0.717, 1.165) is 37.8 Å². The lowest BCUT2D eigenvalue weighted by Gasteiger charge is -2.25. The first-order chi connectivity index (χ1) is 11.8. The molecular weight excluding hydrogens is 296 g/mol. The van der Waals surface area contributed by atoms with E-state index < -0.39 is 0 Å². The van der Waals surface area contributed by atoms with Gasteiger partial charge in [-0.05, 0) is 48.9 Å². The molecule has 1 amide bonds. The normalized spacial score (nSPS) is 16.8. The molecule has 2 aromatic carbocycles. The Kier molecular flexibility index (Phi) is 5.28. The fourth-order valence-electron chi connectivity index (χ4n) is 3.40. The molecule has 2 aromatic rings. The van der Waals surface area contributed by atoms with Crippen molar-refractivity contribution < 1.29 is 4.79 Å². The number of benzene rings is 2. The van der Waals surface area contributed by atoms with Crippen LogP contribution in [0.2, 0.25) is 0 Å². The molecule has 3 heteroatoms. The van der Waals surface area contributed by atoms with Gasteiger partial charge in [0.05, 0.1) is 11.6 Å². The molecule has 3 nitrogen and oxygen atoms in total. The third-order valence-corrected chi connectivity index (χ3v) is 4.72. The van der Waals surface area contributed by atoms with Gasteiger partial charge < -0.3 is 4.90 Å². The largest absolute Gasteiger partial charge is 0.339 e. The van der Waals surface area contributed by atoms with Gasteiger partial charge in [-0.1, -0.05) is 42.5 Å². The van der Waals surface area contributed by atoms with E-state index in [1.807, 2.05) is 30.3 Å². The lowest BCUT2D eigenvalue weighted by atomic mass is 10.0. The highest BCUT2D eigenvalue weighted by Crippen LogP contribution is 2.22. The van der Waals surface area contributed by atoms with E-state index in [9.17, 15) is 4.79 Å². The molecule has 1 heterocycles. The minimum atomic E-state index is 0.248. The molecule has 1 fully saturated rings. The molecule has 1 atom stereocenters. The van der Waals surface area contributed by atoms with Gasteiger partial charge in [0.1, 0.15) is 0 Å². The molecule has 0 N–H and O–H groups in total. The quantitative estimate of drug-likeness (QED) is 0.843. The Hall–Kier alpha value is -2.60. The number of carbonyl (C=O) groups excluding carboxylic acids is 1. The van der Waals surface area contributed by atoms with Crippen molar-refractivity contribution in [3.05, 3.63) is 71.3 Å². The van der Waals surface area contributed by atoms with Crippen LogP contribution in [0.3, 0.4) is 0 Å². The van der Waals surface area contributed by atoms with Crippen molar-refractivity contribution in [2.75, 3.05) is 6.54 Å². The third-order valence-electron chi connectivity index (χ3n) is 4.72. The van der Waals surface area contributed by atoms with Crippen molar-refractivity contribution in [2.24, 2.45) is 0 Å². The zero-order valence-electron chi connectivity index (χ0n) is 13.8. The number of hydrogen-bond acceptors (Lipinski definition) is 2. The predicted octanol–water partition coefficient (Wildman–Crippen LogP) is 3.72. The van der Waals surface area contributed by atoms with Gasteiger partial charge >= 0.3 is 0 Å². The average Bonchev–Trinajstić information content (AvgIpc) is 3.09. The summed E-state index contributed by atoms with van der Waals surface area (Å²) in [5.74, 6) is 0.248. The van der Waals surface area contributed by atoms with Crippen LogP contribution in [0, 0.1) is 11.3 Å². The van der Waals surface area contributed by atoms with Gasteiger partial charge in [-0.15, -0.1) is 0 Å². The van der Waals surface area contributed by atoms with Gasteiger partial charge in [-0.3, -0.25) is 4.79 Å². The standard InChI is InChI=1S/C21H22N2O/c22-16-19-10-8-17(9-11-19)12-13-21(24)23-14-4-7-20(23)15-18-5-2-1-3-6-18/h1-3,5-6,8-11,20H,4,7,12-15H2. The molecule has 1 aliphatic heterocycles. The SMILES string of the molecule is N#Cc1ccc(CCC(=O)N2CCCC2Cc2ccccc2)cc1. The lowest BCUT2D eigenvalue weighted by molar-refractivity contribution is -0.131. The first kappa shape index (κ1) is 16.3. The molecule has 3 rings (SSSR count). The summed E-state index contributed by atoms with van der Waals surface area (Å²) in [6, 6.07) is 20.4. The summed E-state index contributed by atoms with van der Waals surface area (Å²) >= 11 is 0. The second-order valence-electron chi connectivity index (χ2n) is 6.38. The number of amides is 1. The minimum absolute atomic E-state index is 0.248. The summed E-state index contributed by atoms with van der Waals surface area (Å²) in [5.41, 5.74) is 3.07. The van der Waals surface area contributed by atoms with Crippen molar-refractivity contribution >= 4 is 5.91 Å². The first-order valence-corrected chi connectivity index (χ1v) is 8.58. The molecule has 0 saturated carbocycles. The number of hydrogen-bond donors (Lipinski definition) is 0. The molecule has 1 aliphatic rings. The van der Waals surface area contributed by atoms with E-state index in [2.05, 4.69) is 35.2 Å². The fraction of sp³-hybridized carbons (Fsp3) is 0.333. The lowest BCUT2D eigenvalue weighted by Crippen LogP contribution is -2.36. The Labute approximate surface area is 143 Å². The van der Waals surface area contributed by atoms with Crippen molar-refractivity contribution in [1.82, 2.24) is 4.90 Å². The maximum Gasteiger partial charge on any atom is 0.223 e. The van der Waals surface area contributed by atoms with E-state index in [-0.39, 0.29) is 5.91 Å². The van der Waals surface area contributed by atoms with Gasteiger partial charge in [0.25, 0.3) is 0 Å². The predicted molar refractivity (Wildman–Crippen MR) is 94.4 cm³/mol. The second-order valence-corrected chi connectivity index (χ2v) is 6.38. The zero-order valence-corrected chi connectivity index (χ0v) is 13.8. The van der Waals surface area contributed by atoms with Gasteiger partial charge in [-0.25, -0.2) is 0 Å². The van der Waals surface area contributed by atoms with Gasteiger partial charge in [0.15, 0.2) is 0 Å². The Balaban J connectivity index is 1.56. The summed E-state index contributed by atoms with van der Waals surface area (Å²) in [5, 5.41) is 8.83. The number of nitrogens with zero attached hydrogens (tertiary/aromatic N) is 2. The number of carbonyl (C=O) groups is 1. The molecule has 122 valence electrons. The Morgan fingerprint density at radius 1 is 1.08 bits per heavy atom. The summed E-state index contributed by atoms with van der Waals surface area (Å²) < 4.78 is 0. The average molecular weight is 318 g/mol. The summed E-state index contributed by atoms with van der Waals surface area (Å²) in [6.45, 7) is 0.879. The molecule has 1 unspecified atom stereocenters. The van der Waals surface area contributed by atoms with Crippen LogP contribution < -0.4 is 0 Å². The smallest absolute Gasteiger partial charge is 0.223 e. The number of rotatable bonds is 5. The number of likely N-dealkylation sites (tertiary alicyclic amines) is 1. The van der Waals surface area contributed by atoms with Crippen molar-refractivity contribution in [3.63, 3.8) is 0 Å². The molecule has 0 bridgehead atoms. The van der Waals surface area contributed by atoms with Gasteiger partial charge in [0, 0.05) is 19.0 Å². The van der Waals surface area contributed by atoms with Crippen LogP contribution in [0.4, 0.5) is 0 Å². The van der Waals surface area contributed by atoms with Crippen LogP contribution in [0.25, 0.3) is 0 Å². The first-order valence-electron chi connectivity index (χ1n) is 8.58. The van der Waals surface area contributed by atoms with Crippen LogP contribution in [0.5, 0.6) is 0 Å². The summed E-state index contributed by atoms with van der Waals surface area (Å²) in [7, 11) is 0. The maximum absolute atomic E-state index is 12.6. The molecule has 0 spiro atoms. The van der Waals surface area contributed by atoms with Crippen LogP contribution >= 0.6 is 0 Å². The third kappa shape index (κ3) is 4.02. The number of nitriles is 1. The van der Waals surface area contributed by atoms with E-state index in [4.69, 9.17) is 5.26 Å². The molecular formula is C21H22N2O. The van der Waals surface area contributed by atoms with Gasteiger partial charge in [0.2, 0.25) is 5.91 Å². The highest BCUT2D eigenvalue weighted by Gasteiger charge is 2.28. The van der Waals surface area contributed by atoms with Crippen molar-refractivity contribution in [1.29, 1.82) is 5.26 Å². The molecule has 24 heavy (non-hydrogen) atoms. The van der Waals surface area contributed by atoms with Crippen LogP contribution in [0.1, 0.15) is 36.0 Å². The molecule has 0 radical (unpaired) electrons. The molecule has 0 aromatic heterocycles. The summed E-state index contributed by atoms with van der Waals surface area (Å²) in [6.07, 6.45) is 4.41. The van der Waals surface area contributed by atoms with E-state index in [1.54, 1.807) is 0 Å². The van der Waals surface area contributed by atoms with Crippen LogP contribution in [-0.2, 0) is 17.6 Å². The Morgan fingerprint density at radius 2 is 1.83 bits per heavy atom. The Bertz CT molecular complexity index is 716. The zero-order chi connectivity index (χ0) is 16.8. The topological polar surface area (TPSA) is 44.1 Å². The molecule has 0 aliphatic carbocycles. The van der Waals surface area contributed by atoms with E-state index >= 15 is 0 Å². The summed E-state index contributed by atoms with van der Waals surface area (Å²) in [4.78, 5) is 14.7. The monoisotopic (exact) mass is 318 g/mol. The van der Waals surface area contributed by atoms with Crippen molar-refractivity contribution in [2.45, 2.75) is 38.1 Å². The molecule has 1 saturated heterocycles. The van der Waals surface area contributed by atoms with E-state index in [0.29, 0.717) is 18.0 Å². The highest BCUT2D eigenvalue weighted by atomic mass is 16.2. The maximum atomic E-state index is 12.6. The Morgan fingerprint density at radius 3 is 2.54 bits per heavy atom. The van der Waals surface area contributed by atoms with Crippen molar-refractivity contribution in [3.8, 4) is 6.07 Å². The second kappa shape index (κ2) is 7.79. The fourth-order valence-corrected chi connectivity index (χ4v) is 3.40. The van der Waals surface area contributed by atoms with Crippen LogP contribution in [0.15, 0.2) is 54.6 Å².